The molecule has 1 saturated heterocycles. The highest BCUT2D eigenvalue weighted by molar-refractivity contribution is 7.92. The SMILES string of the molecule is C=CS(=O)(=O)N1CCC(Cc2nc(N)cc(N)n2)CC1. The van der Waals surface area contributed by atoms with Crippen LogP contribution in [0.1, 0.15) is 18.7 Å². The third-order valence-corrected chi connectivity index (χ3v) is 4.93. The third kappa shape index (κ3) is 3.45. The van der Waals surface area contributed by atoms with Crippen LogP contribution in [0, 0.1) is 5.92 Å². The molecule has 1 aromatic rings. The second kappa shape index (κ2) is 5.76. The minimum Gasteiger partial charge on any atom is -0.384 e. The quantitative estimate of drug-likeness (QED) is 0.829. The molecule has 2 rings (SSSR count). The van der Waals surface area contributed by atoms with Gasteiger partial charge < -0.3 is 11.5 Å². The van der Waals surface area contributed by atoms with E-state index in [4.69, 9.17) is 11.5 Å². The van der Waals surface area contributed by atoms with Crippen LogP contribution >= 0.6 is 0 Å². The van der Waals surface area contributed by atoms with Crippen LogP contribution in [-0.4, -0.2) is 35.8 Å². The van der Waals surface area contributed by atoms with Crippen molar-refractivity contribution in [1.29, 1.82) is 0 Å². The van der Waals surface area contributed by atoms with E-state index in [0.717, 1.165) is 18.2 Å². The van der Waals surface area contributed by atoms with Gasteiger partial charge in [-0.3, -0.25) is 0 Å². The number of sulfonamides is 1. The molecule has 0 unspecified atom stereocenters. The van der Waals surface area contributed by atoms with Crippen LogP contribution < -0.4 is 11.5 Å². The van der Waals surface area contributed by atoms with E-state index in [9.17, 15) is 8.42 Å². The van der Waals surface area contributed by atoms with Crippen LogP contribution in [-0.2, 0) is 16.4 Å². The van der Waals surface area contributed by atoms with Gasteiger partial charge in [0.2, 0.25) is 10.0 Å². The summed E-state index contributed by atoms with van der Waals surface area (Å²) in [6.45, 7) is 4.33. The van der Waals surface area contributed by atoms with Crippen molar-refractivity contribution in [2.24, 2.45) is 5.92 Å². The van der Waals surface area contributed by atoms with E-state index in [2.05, 4.69) is 16.5 Å². The Kier molecular flexibility index (Phi) is 4.24. The summed E-state index contributed by atoms with van der Waals surface area (Å²) in [6.07, 6.45) is 2.20. The van der Waals surface area contributed by atoms with Gasteiger partial charge in [-0.05, 0) is 18.8 Å². The van der Waals surface area contributed by atoms with Crippen LogP contribution in [0.2, 0.25) is 0 Å². The maximum atomic E-state index is 11.7. The zero-order chi connectivity index (χ0) is 14.8. The minimum atomic E-state index is -3.30. The summed E-state index contributed by atoms with van der Waals surface area (Å²) >= 11 is 0. The van der Waals surface area contributed by atoms with Gasteiger partial charge in [0.25, 0.3) is 0 Å². The summed E-state index contributed by atoms with van der Waals surface area (Å²) in [5.41, 5.74) is 11.3. The van der Waals surface area contributed by atoms with Gasteiger partial charge in [0, 0.05) is 31.0 Å². The average molecular weight is 297 g/mol. The number of nitrogen functional groups attached to an aromatic ring is 2. The summed E-state index contributed by atoms with van der Waals surface area (Å²) in [5.74, 6) is 1.68. The molecule has 0 atom stereocenters. The molecule has 1 aliphatic rings. The van der Waals surface area contributed by atoms with Crippen LogP contribution in [0.3, 0.4) is 0 Å². The van der Waals surface area contributed by atoms with Gasteiger partial charge in [-0.25, -0.2) is 18.4 Å². The lowest BCUT2D eigenvalue weighted by Gasteiger charge is -2.29. The molecule has 0 aromatic carbocycles. The second-order valence-corrected chi connectivity index (χ2v) is 6.77. The molecule has 1 aromatic heterocycles. The molecule has 0 saturated carbocycles. The molecule has 2 heterocycles. The van der Waals surface area contributed by atoms with Crippen molar-refractivity contribution in [3.8, 4) is 0 Å². The molecule has 0 aliphatic carbocycles. The largest absolute Gasteiger partial charge is 0.384 e. The van der Waals surface area contributed by atoms with Crippen molar-refractivity contribution in [3.63, 3.8) is 0 Å². The molecule has 1 aliphatic heterocycles. The Balaban J connectivity index is 1.96. The van der Waals surface area contributed by atoms with E-state index >= 15 is 0 Å². The normalized spacial score (nSPS) is 18.0. The van der Waals surface area contributed by atoms with Gasteiger partial charge in [-0.15, -0.1) is 0 Å². The predicted molar refractivity (Wildman–Crippen MR) is 78.0 cm³/mol. The molecule has 4 N–H and O–H groups in total. The van der Waals surface area contributed by atoms with Crippen LogP contribution in [0.15, 0.2) is 18.1 Å². The van der Waals surface area contributed by atoms with E-state index in [1.54, 1.807) is 0 Å². The summed E-state index contributed by atoms with van der Waals surface area (Å²) in [6, 6.07) is 1.52. The van der Waals surface area contributed by atoms with Gasteiger partial charge in [0.1, 0.15) is 17.5 Å². The fraction of sp³-hybridized carbons (Fsp3) is 0.500. The number of rotatable bonds is 4. The van der Waals surface area contributed by atoms with E-state index < -0.39 is 10.0 Å². The Bertz CT molecular complexity index is 574. The second-order valence-electron chi connectivity index (χ2n) is 4.89. The summed E-state index contributed by atoms with van der Waals surface area (Å²) < 4.78 is 24.8. The lowest BCUT2D eigenvalue weighted by atomic mass is 9.94. The van der Waals surface area contributed by atoms with Crippen molar-refractivity contribution in [3.05, 3.63) is 23.9 Å². The molecule has 7 nitrogen and oxygen atoms in total. The topological polar surface area (TPSA) is 115 Å². The molecule has 110 valence electrons. The van der Waals surface area contributed by atoms with E-state index in [1.807, 2.05) is 0 Å². The number of nitrogens with two attached hydrogens (primary N) is 2. The molecule has 20 heavy (non-hydrogen) atoms. The van der Waals surface area contributed by atoms with Gasteiger partial charge in [0.05, 0.1) is 0 Å². The molecule has 0 bridgehead atoms. The Labute approximate surface area is 118 Å². The fourth-order valence-electron chi connectivity index (χ4n) is 2.36. The van der Waals surface area contributed by atoms with Crippen LogP contribution in [0.4, 0.5) is 11.6 Å². The van der Waals surface area contributed by atoms with Crippen molar-refractivity contribution in [2.75, 3.05) is 24.6 Å². The van der Waals surface area contributed by atoms with Gasteiger partial charge in [-0.2, -0.15) is 4.31 Å². The smallest absolute Gasteiger partial charge is 0.235 e. The number of hydrogen-bond donors (Lipinski definition) is 2. The van der Waals surface area contributed by atoms with Gasteiger partial charge in [-0.1, -0.05) is 6.58 Å². The van der Waals surface area contributed by atoms with Crippen LogP contribution in [0.25, 0.3) is 0 Å². The highest BCUT2D eigenvalue weighted by Gasteiger charge is 2.26. The molecule has 0 spiro atoms. The predicted octanol–water partition coefficient (Wildman–Crippen LogP) is 0.369. The standard InChI is InChI=1S/C12H19N5O2S/c1-2-20(18,19)17-5-3-9(4-6-17)7-12-15-10(13)8-11(14)16-12/h2,8-9H,1,3-7H2,(H4,13,14,15,16). The molecule has 1 fully saturated rings. The van der Waals surface area contributed by atoms with Gasteiger partial charge in [0.15, 0.2) is 0 Å². The number of piperidine rings is 1. The van der Waals surface area contributed by atoms with Crippen molar-refractivity contribution >= 4 is 21.7 Å². The number of nitrogens with zero attached hydrogens (tertiary/aromatic N) is 3. The first kappa shape index (κ1) is 14.7. The van der Waals surface area contributed by atoms with Crippen LogP contribution in [0.5, 0.6) is 0 Å². The van der Waals surface area contributed by atoms with Crippen molar-refractivity contribution < 1.29 is 8.42 Å². The third-order valence-electron chi connectivity index (χ3n) is 3.43. The first-order chi connectivity index (χ1) is 9.40. The number of hydrogen-bond acceptors (Lipinski definition) is 6. The zero-order valence-corrected chi connectivity index (χ0v) is 12.0. The van der Waals surface area contributed by atoms with E-state index in [0.29, 0.717) is 42.9 Å². The molecular formula is C12H19N5O2S. The Morgan fingerprint density at radius 3 is 2.35 bits per heavy atom. The first-order valence-electron chi connectivity index (χ1n) is 6.42. The lowest BCUT2D eigenvalue weighted by molar-refractivity contribution is 0.272. The summed E-state index contributed by atoms with van der Waals surface area (Å²) in [7, 11) is -3.30. The first-order valence-corrected chi connectivity index (χ1v) is 7.92. The van der Waals surface area contributed by atoms with Gasteiger partial charge >= 0.3 is 0 Å². The summed E-state index contributed by atoms with van der Waals surface area (Å²) in [4.78, 5) is 8.30. The highest BCUT2D eigenvalue weighted by atomic mass is 32.2. The Morgan fingerprint density at radius 2 is 1.85 bits per heavy atom. The van der Waals surface area contributed by atoms with Crippen molar-refractivity contribution in [2.45, 2.75) is 19.3 Å². The zero-order valence-electron chi connectivity index (χ0n) is 11.2. The number of anilines is 2. The maximum absolute atomic E-state index is 11.7. The average Bonchev–Trinajstić information content (AvgIpc) is 2.38. The highest BCUT2D eigenvalue weighted by Crippen LogP contribution is 2.23. The number of aromatic nitrogens is 2. The maximum Gasteiger partial charge on any atom is 0.235 e. The monoisotopic (exact) mass is 297 g/mol. The molecular weight excluding hydrogens is 278 g/mol. The summed E-state index contributed by atoms with van der Waals surface area (Å²) in [5, 5.41) is 0.995. The molecule has 0 radical (unpaired) electrons. The Morgan fingerprint density at radius 1 is 1.30 bits per heavy atom. The van der Waals surface area contributed by atoms with E-state index in [1.165, 1.54) is 10.4 Å². The Hall–Kier alpha value is -1.67. The van der Waals surface area contributed by atoms with Crippen molar-refractivity contribution in [1.82, 2.24) is 14.3 Å². The molecule has 0 amide bonds. The molecule has 8 heteroatoms. The van der Waals surface area contributed by atoms with E-state index in [-0.39, 0.29) is 0 Å². The minimum absolute atomic E-state index is 0.340. The lowest BCUT2D eigenvalue weighted by Crippen LogP contribution is -2.37. The fourth-order valence-corrected chi connectivity index (χ4v) is 3.29.